The lowest BCUT2D eigenvalue weighted by atomic mass is 10.0. The molecule has 0 aromatic rings. The molecule has 2 saturated heterocycles. The zero-order chi connectivity index (χ0) is 10.7. The normalized spacial score (nSPS) is 24.1. The fourth-order valence-electron chi connectivity index (χ4n) is 2.01. The summed E-state index contributed by atoms with van der Waals surface area (Å²) in [5.74, 6) is 2.90. The van der Waals surface area contributed by atoms with Crippen LogP contribution in [-0.2, 0) is 4.79 Å². The van der Waals surface area contributed by atoms with Crippen LogP contribution in [0.25, 0.3) is 0 Å². The number of imide groups is 1. The molecule has 4 nitrogen and oxygen atoms in total. The number of carbonyl (C=O) groups excluding carboxylic acids is 2. The summed E-state index contributed by atoms with van der Waals surface area (Å²) < 4.78 is 0. The molecule has 0 saturated carbocycles. The summed E-state index contributed by atoms with van der Waals surface area (Å²) in [6, 6.07) is -0.204. The van der Waals surface area contributed by atoms with E-state index in [1.54, 1.807) is 4.90 Å². The molecule has 0 atom stereocenters. The van der Waals surface area contributed by atoms with E-state index in [1.807, 2.05) is 11.8 Å². The number of urea groups is 1. The Kier molecular flexibility index (Phi) is 3.51. The van der Waals surface area contributed by atoms with Crippen LogP contribution in [-0.4, -0.2) is 41.4 Å². The number of carbonyl (C=O) groups is 2. The number of nitrogens with zero attached hydrogens (tertiary/aromatic N) is 1. The van der Waals surface area contributed by atoms with Crippen LogP contribution >= 0.6 is 11.8 Å². The molecule has 15 heavy (non-hydrogen) atoms. The van der Waals surface area contributed by atoms with Crippen molar-refractivity contribution in [2.24, 2.45) is 5.92 Å². The number of hydrogen-bond acceptors (Lipinski definition) is 3. The fraction of sp³-hybridized carbons (Fsp3) is 0.800. The molecule has 0 radical (unpaired) electrons. The number of amides is 3. The van der Waals surface area contributed by atoms with Gasteiger partial charge in [-0.15, -0.1) is 0 Å². The van der Waals surface area contributed by atoms with Crippen molar-refractivity contribution in [3.05, 3.63) is 0 Å². The van der Waals surface area contributed by atoms with Gasteiger partial charge in [0, 0.05) is 19.5 Å². The van der Waals surface area contributed by atoms with Crippen molar-refractivity contribution in [1.82, 2.24) is 10.2 Å². The van der Waals surface area contributed by atoms with Gasteiger partial charge in [0.15, 0.2) is 0 Å². The molecule has 0 aromatic heterocycles. The number of thioether (sulfide) groups is 1. The van der Waals surface area contributed by atoms with Crippen LogP contribution in [0.4, 0.5) is 4.79 Å². The maximum absolute atomic E-state index is 11.5. The zero-order valence-electron chi connectivity index (χ0n) is 8.70. The Morgan fingerprint density at radius 1 is 1.33 bits per heavy atom. The topological polar surface area (TPSA) is 49.4 Å². The van der Waals surface area contributed by atoms with Crippen LogP contribution in [0.15, 0.2) is 0 Å². The Morgan fingerprint density at radius 2 is 2.07 bits per heavy atom. The minimum Gasteiger partial charge on any atom is -0.324 e. The predicted molar refractivity (Wildman–Crippen MR) is 59.8 cm³/mol. The van der Waals surface area contributed by atoms with Crippen molar-refractivity contribution in [2.45, 2.75) is 19.3 Å². The number of rotatable bonds is 2. The average Bonchev–Trinajstić information content (AvgIpc) is 2.24. The smallest absolute Gasteiger partial charge is 0.324 e. The summed E-state index contributed by atoms with van der Waals surface area (Å²) in [6.45, 7) is 1.41. The van der Waals surface area contributed by atoms with Crippen LogP contribution in [0, 0.1) is 5.92 Å². The Hall–Kier alpha value is -0.710. The van der Waals surface area contributed by atoms with Gasteiger partial charge in [-0.25, -0.2) is 4.79 Å². The van der Waals surface area contributed by atoms with Crippen LogP contribution in [0.5, 0.6) is 0 Å². The van der Waals surface area contributed by atoms with Gasteiger partial charge >= 0.3 is 6.03 Å². The fourth-order valence-corrected chi connectivity index (χ4v) is 3.22. The first-order valence-electron chi connectivity index (χ1n) is 5.42. The van der Waals surface area contributed by atoms with Gasteiger partial charge in [0.1, 0.15) is 0 Å². The summed E-state index contributed by atoms with van der Waals surface area (Å²) in [5.41, 5.74) is 0. The van der Waals surface area contributed by atoms with Crippen molar-refractivity contribution < 1.29 is 9.59 Å². The van der Waals surface area contributed by atoms with Gasteiger partial charge in [-0.1, -0.05) is 0 Å². The van der Waals surface area contributed by atoms with Gasteiger partial charge in [0.25, 0.3) is 0 Å². The number of hydrogen-bond donors (Lipinski definition) is 1. The molecule has 2 heterocycles. The summed E-state index contributed by atoms with van der Waals surface area (Å²) in [4.78, 5) is 24.2. The van der Waals surface area contributed by atoms with E-state index in [4.69, 9.17) is 0 Å². The van der Waals surface area contributed by atoms with E-state index in [1.165, 1.54) is 24.3 Å². The lowest BCUT2D eigenvalue weighted by Gasteiger charge is -2.31. The zero-order valence-corrected chi connectivity index (χ0v) is 9.52. The largest absolute Gasteiger partial charge is 0.324 e. The minimum atomic E-state index is -0.204. The van der Waals surface area contributed by atoms with Crippen molar-refractivity contribution in [3.8, 4) is 0 Å². The third-order valence-corrected chi connectivity index (χ3v) is 4.01. The lowest BCUT2D eigenvalue weighted by Crippen LogP contribution is -2.51. The third kappa shape index (κ3) is 2.87. The molecule has 2 fully saturated rings. The van der Waals surface area contributed by atoms with E-state index >= 15 is 0 Å². The van der Waals surface area contributed by atoms with Crippen molar-refractivity contribution in [1.29, 1.82) is 0 Å². The van der Waals surface area contributed by atoms with Crippen LogP contribution < -0.4 is 5.32 Å². The van der Waals surface area contributed by atoms with Crippen molar-refractivity contribution in [2.75, 3.05) is 24.6 Å². The summed E-state index contributed by atoms with van der Waals surface area (Å²) in [7, 11) is 0. The molecule has 0 aliphatic carbocycles. The summed E-state index contributed by atoms with van der Waals surface area (Å²) in [5, 5.41) is 2.36. The van der Waals surface area contributed by atoms with E-state index in [0.29, 0.717) is 18.9 Å². The molecular weight excluding hydrogens is 212 g/mol. The van der Waals surface area contributed by atoms with E-state index in [2.05, 4.69) is 5.32 Å². The highest BCUT2D eigenvalue weighted by Crippen LogP contribution is 2.23. The van der Waals surface area contributed by atoms with Crippen LogP contribution in [0.1, 0.15) is 19.3 Å². The molecule has 84 valence electrons. The van der Waals surface area contributed by atoms with Gasteiger partial charge < -0.3 is 4.90 Å². The first-order valence-corrected chi connectivity index (χ1v) is 6.57. The second kappa shape index (κ2) is 4.88. The minimum absolute atomic E-state index is 0.143. The Bertz CT molecular complexity index is 264. The average molecular weight is 228 g/mol. The molecule has 2 aliphatic heterocycles. The van der Waals surface area contributed by atoms with Gasteiger partial charge in [-0.3, -0.25) is 10.1 Å². The molecule has 2 rings (SSSR count). The lowest BCUT2D eigenvalue weighted by molar-refractivity contribution is -0.121. The highest BCUT2D eigenvalue weighted by molar-refractivity contribution is 7.99. The van der Waals surface area contributed by atoms with E-state index < -0.39 is 0 Å². The molecule has 0 spiro atoms. The Labute approximate surface area is 93.8 Å². The van der Waals surface area contributed by atoms with Crippen molar-refractivity contribution >= 4 is 23.7 Å². The van der Waals surface area contributed by atoms with E-state index in [0.717, 1.165) is 6.54 Å². The first kappa shape index (κ1) is 10.8. The second-order valence-corrected chi connectivity index (χ2v) is 5.33. The van der Waals surface area contributed by atoms with Gasteiger partial charge in [-0.2, -0.15) is 11.8 Å². The Morgan fingerprint density at radius 3 is 2.73 bits per heavy atom. The highest BCUT2D eigenvalue weighted by atomic mass is 32.2. The van der Waals surface area contributed by atoms with Crippen LogP contribution in [0.2, 0.25) is 0 Å². The summed E-state index contributed by atoms with van der Waals surface area (Å²) in [6.07, 6.45) is 2.85. The molecule has 3 amide bonds. The van der Waals surface area contributed by atoms with Gasteiger partial charge in [-0.05, 0) is 30.3 Å². The SMILES string of the molecule is O=C1CCN(CC2CCSCC2)C(=O)N1. The molecule has 5 heteroatoms. The number of nitrogens with one attached hydrogen (secondary N) is 1. The van der Waals surface area contributed by atoms with E-state index in [-0.39, 0.29) is 11.9 Å². The standard InChI is InChI=1S/C10H16N2O2S/c13-9-1-4-12(10(14)11-9)7-8-2-5-15-6-3-8/h8H,1-7H2,(H,11,13,14). The maximum atomic E-state index is 11.5. The molecule has 0 bridgehead atoms. The molecular formula is C10H16N2O2S. The molecule has 1 N–H and O–H groups in total. The van der Waals surface area contributed by atoms with Crippen molar-refractivity contribution in [3.63, 3.8) is 0 Å². The monoisotopic (exact) mass is 228 g/mol. The molecule has 2 aliphatic rings. The Balaban J connectivity index is 1.82. The van der Waals surface area contributed by atoms with Gasteiger partial charge in [0.05, 0.1) is 0 Å². The first-order chi connectivity index (χ1) is 7.25. The molecule has 0 aromatic carbocycles. The quantitative estimate of drug-likeness (QED) is 0.769. The molecule has 0 unspecified atom stereocenters. The second-order valence-electron chi connectivity index (χ2n) is 4.11. The predicted octanol–water partition coefficient (Wildman–Crippen LogP) is 1.07. The highest BCUT2D eigenvalue weighted by Gasteiger charge is 2.25. The third-order valence-electron chi connectivity index (χ3n) is 2.96. The van der Waals surface area contributed by atoms with Gasteiger partial charge in [0.2, 0.25) is 5.91 Å². The maximum Gasteiger partial charge on any atom is 0.324 e. The summed E-state index contributed by atoms with van der Waals surface area (Å²) >= 11 is 1.99. The van der Waals surface area contributed by atoms with E-state index in [9.17, 15) is 9.59 Å². The van der Waals surface area contributed by atoms with Crippen LogP contribution in [0.3, 0.4) is 0 Å².